The first-order valence-corrected chi connectivity index (χ1v) is 8.32. The minimum absolute atomic E-state index is 0.0938. The second kappa shape index (κ2) is 7.25. The van der Waals surface area contributed by atoms with Gasteiger partial charge in [0.15, 0.2) is 5.11 Å². The van der Waals surface area contributed by atoms with Crippen molar-refractivity contribution in [2.24, 2.45) is 5.41 Å². The number of aliphatic carboxylic acids is 2. The molecule has 2 N–H and O–H groups in total. The summed E-state index contributed by atoms with van der Waals surface area (Å²) < 4.78 is 0. The van der Waals surface area contributed by atoms with E-state index in [0.29, 0.717) is 12.8 Å². The summed E-state index contributed by atoms with van der Waals surface area (Å²) in [4.78, 5) is 49.8. The summed E-state index contributed by atoms with van der Waals surface area (Å²) in [5.41, 5.74) is -1.22. The lowest BCUT2D eigenvalue weighted by Gasteiger charge is -2.47. The van der Waals surface area contributed by atoms with Gasteiger partial charge in [0.25, 0.3) is 0 Å². The van der Waals surface area contributed by atoms with E-state index in [4.69, 9.17) is 22.4 Å². The average Bonchev–Trinajstić information content (AvgIpc) is 2.53. The van der Waals surface area contributed by atoms with Crippen molar-refractivity contribution in [3.8, 4) is 0 Å². The Morgan fingerprint density at radius 2 is 1.33 bits per heavy atom. The van der Waals surface area contributed by atoms with Gasteiger partial charge in [-0.05, 0) is 25.1 Å². The number of rotatable bonds is 6. The van der Waals surface area contributed by atoms with Crippen LogP contribution in [0.4, 0.5) is 0 Å². The van der Waals surface area contributed by atoms with Crippen molar-refractivity contribution >= 4 is 41.1 Å². The van der Waals surface area contributed by atoms with Crippen LogP contribution in [-0.2, 0) is 19.2 Å². The normalized spacial score (nSPS) is 20.6. The van der Waals surface area contributed by atoms with E-state index in [1.807, 2.05) is 0 Å². The van der Waals surface area contributed by atoms with Gasteiger partial charge in [-0.1, -0.05) is 19.3 Å². The molecule has 0 radical (unpaired) electrons. The molecule has 0 aromatic carbocycles. The maximum Gasteiger partial charge on any atom is 0.305 e. The van der Waals surface area contributed by atoms with Gasteiger partial charge in [0.2, 0.25) is 11.8 Å². The molecule has 8 nitrogen and oxygen atoms in total. The Balaban J connectivity index is 2.32. The highest BCUT2D eigenvalue weighted by Gasteiger charge is 2.55. The molecule has 0 aromatic heterocycles. The van der Waals surface area contributed by atoms with Crippen LogP contribution in [0.5, 0.6) is 0 Å². The Hall–Kier alpha value is -2.03. The highest BCUT2D eigenvalue weighted by molar-refractivity contribution is 7.80. The maximum atomic E-state index is 12.9. The third-order valence-corrected chi connectivity index (χ3v) is 5.02. The van der Waals surface area contributed by atoms with Crippen molar-refractivity contribution < 1.29 is 29.4 Å². The molecule has 0 unspecified atom stereocenters. The zero-order valence-corrected chi connectivity index (χ0v) is 14.0. The molecule has 2 rings (SSSR count). The minimum atomic E-state index is -1.22. The van der Waals surface area contributed by atoms with Crippen LogP contribution in [0.1, 0.15) is 44.9 Å². The Labute approximate surface area is 144 Å². The van der Waals surface area contributed by atoms with Crippen molar-refractivity contribution in [2.75, 3.05) is 13.1 Å². The van der Waals surface area contributed by atoms with Crippen LogP contribution in [0.2, 0.25) is 0 Å². The Bertz CT molecular complexity index is 543. The molecule has 1 spiro atoms. The predicted molar refractivity (Wildman–Crippen MR) is 86.0 cm³/mol. The first-order valence-electron chi connectivity index (χ1n) is 7.91. The number of nitrogens with zero attached hydrogens (tertiary/aromatic N) is 2. The van der Waals surface area contributed by atoms with E-state index in [1.165, 1.54) is 0 Å². The van der Waals surface area contributed by atoms with Gasteiger partial charge in [-0.3, -0.25) is 29.0 Å². The molecule has 0 bridgehead atoms. The van der Waals surface area contributed by atoms with Gasteiger partial charge >= 0.3 is 11.9 Å². The Kier molecular flexibility index (Phi) is 5.53. The molecule has 0 aromatic rings. The van der Waals surface area contributed by atoms with Gasteiger partial charge < -0.3 is 10.2 Å². The molecule has 1 heterocycles. The fourth-order valence-corrected chi connectivity index (χ4v) is 3.67. The highest BCUT2D eigenvalue weighted by atomic mass is 32.1. The lowest BCUT2D eigenvalue weighted by Crippen LogP contribution is -2.65. The van der Waals surface area contributed by atoms with Gasteiger partial charge in [0.1, 0.15) is 5.41 Å². The molecule has 2 amide bonds. The number of carboxylic acids is 2. The molecule has 1 saturated carbocycles. The number of hydrogen-bond acceptors (Lipinski definition) is 5. The van der Waals surface area contributed by atoms with E-state index in [-0.39, 0.29) is 31.0 Å². The van der Waals surface area contributed by atoms with Crippen LogP contribution in [-0.4, -0.2) is 62.0 Å². The van der Waals surface area contributed by atoms with E-state index in [9.17, 15) is 19.2 Å². The predicted octanol–water partition coefficient (Wildman–Crippen LogP) is 0.842. The first-order chi connectivity index (χ1) is 11.3. The molecular weight excluding hydrogens is 336 g/mol. The highest BCUT2D eigenvalue weighted by Crippen LogP contribution is 2.42. The maximum absolute atomic E-state index is 12.9. The Morgan fingerprint density at radius 1 is 0.917 bits per heavy atom. The molecule has 1 saturated heterocycles. The van der Waals surface area contributed by atoms with Gasteiger partial charge in [-0.15, -0.1) is 0 Å². The quantitative estimate of drug-likeness (QED) is 0.535. The summed E-state index contributed by atoms with van der Waals surface area (Å²) in [6, 6.07) is 0. The molecule has 0 atom stereocenters. The minimum Gasteiger partial charge on any atom is -0.481 e. The van der Waals surface area contributed by atoms with E-state index in [1.54, 1.807) is 0 Å². The van der Waals surface area contributed by atoms with Crippen LogP contribution in [0.3, 0.4) is 0 Å². The summed E-state index contributed by atoms with van der Waals surface area (Å²) in [7, 11) is 0. The van der Waals surface area contributed by atoms with Crippen molar-refractivity contribution in [2.45, 2.75) is 44.9 Å². The third kappa shape index (κ3) is 3.40. The number of thiocarbonyl (C=S) groups is 1. The third-order valence-electron chi connectivity index (χ3n) is 4.58. The molecule has 24 heavy (non-hydrogen) atoms. The van der Waals surface area contributed by atoms with Crippen LogP contribution in [0.15, 0.2) is 0 Å². The molecule has 2 fully saturated rings. The van der Waals surface area contributed by atoms with Gasteiger partial charge in [-0.2, -0.15) is 0 Å². The van der Waals surface area contributed by atoms with E-state index in [2.05, 4.69) is 0 Å². The Morgan fingerprint density at radius 3 is 1.71 bits per heavy atom. The standard InChI is InChI=1S/C15H20N2O6S/c18-10(19)4-8-16-12(22)15(6-2-1-3-7-15)13(23)17(14(16)24)9-5-11(20)21/h1-9H2,(H,18,19)(H,20,21). The van der Waals surface area contributed by atoms with Crippen molar-refractivity contribution in [1.82, 2.24) is 9.80 Å². The van der Waals surface area contributed by atoms with E-state index >= 15 is 0 Å². The van der Waals surface area contributed by atoms with Crippen LogP contribution in [0, 0.1) is 5.41 Å². The zero-order chi connectivity index (χ0) is 17.9. The number of carbonyl (C=O) groups is 4. The largest absolute Gasteiger partial charge is 0.481 e. The van der Waals surface area contributed by atoms with Gasteiger partial charge in [0.05, 0.1) is 12.8 Å². The van der Waals surface area contributed by atoms with Gasteiger partial charge in [-0.25, -0.2) is 0 Å². The fourth-order valence-electron chi connectivity index (χ4n) is 3.32. The zero-order valence-electron chi connectivity index (χ0n) is 13.2. The second-order valence-corrected chi connectivity index (χ2v) is 6.49. The van der Waals surface area contributed by atoms with E-state index in [0.717, 1.165) is 29.1 Å². The van der Waals surface area contributed by atoms with Crippen LogP contribution in [0.25, 0.3) is 0 Å². The van der Waals surface area contributed by atoms with Crippen LogP contribution >= 0.6 is 12.2 Å². The van der Waals surface area contributed by atoms with E-state index < -0.39 is 29.2 Å². The van der Waals surface area contributed by atoms with Crippen LogP contribution < -0.4 is 0 Å². The summed E-state index contributed by atoms with van der Waals surface area (Å²) in [6.07, 6.45) is 2.58. The topological polar surface area (TPSA) is 115 Å². The molecule has 2 aliphatic rings. The monoisotopic (exact) mass is 356 g/mol. The van der Waals surface area contributed by atoms with Crippen molar-refractivity contribution in [1.29, 1.82) is 0 Å². The molecule has 9 heteroatoms. The molecule has 1 aliphatic heterocycles. The lowest BCUT2D eigenvalue weighted by atomic mass is 9.71. The second-order valence-electron chi connectivity index (χ2n) is 6.13. The summed E-state index contributed by atoms with van der Waals surface area (Å²) >= 11 is 5.18. The SMILES string of the molecule is O=C(O)CCN1C(=O)C2(CCCCC2)C(=O)N(CCC(=O)O)C1=S. The lowest BCUT2D eigenvalue weighted by molar-refractivity contribution is -0.159. The number of hydrogen-bond donors (Lipinski definition) is 2. The van der Waals surface area contributed by atoms with Crippen molar-refractivity contribution in [3.63, 3.8) is 0 Å². The summed E-state index contributed by atoms with van der Waals surface area (Å²) in [5.74, 6) is -3.02. The first kappa shape index (κ1) is 18.3. The fraction of sp³-hybridized carbons (Fsp3) is 0.667. The van der Waals surface area contributed by atoms with Crippen molar-refractivity contribution in [3.05, 3.63) is 0 Å². The van der Waals surface area contributed by atoms with Gasteiger partial charge in [0, 0.05) is 13.1 Å². The number of carboxylic acid groups (broad SMARTS) is 2. The number of carbonyl (C=O) groups excluding carboxylic acids is 2. The summed E-state index contributed by atoms with van der Waals surface area (Å²) in [5, 5.41) is 17.7. The molecule has 132 valence electrons. The molecular formula is C15H20N2O6S. The number of amides is 2. The average molecular weight is 356 g/mol. The smallest absolute Gasteiger partial charge is 0.305 e. The molecule has 1 aliphatic carbocycles. The summed E-state index contributed by atoms with van der Waals surface area (Å²) in [6.45, 7) is -0.239.